The van der Waals surface area contributed by atoms with E-state index in [1.54, 1.807) is 0 Å². The van der Waals surface area contributed by atoms with E-state index in [0.29, 0.717) is 23.1 Å². The van der Waals surface area contributed by atoms with E-state index >= 15 is 0 Å². The summed E-state index contributed by atoms with van der Waals surface area (Å²) in [7, 11) is 0. The highest BCUT2D eigenvalue weighted by Gasteiger charge is 2.16. The minimum atomic E-state index is -2.59. The van der Waals surface area contributed by atoms with E-state index in [1.807, 2.05) is 12.3 Å². The van der Waals surface area contributed by atoms with Crippen LogP contribution in [0.5, 0.6) is 0 Å². The Morgan fingerprint density at radius 2 is 2.17 bits per heavy atom. The highest BCUT2D eigenvalue weighted by atomic mass is 79.9. The van der Waals surface area contributed by atoms with Gasteiger partial charge >= 0.3 is 0 Å². The summed E-state index contributed by atoms with van der Waals surface area (Å²) in [5.74, 6) is 0.375. The number of aromatic nitrogens is 3. The first kappa shape index (κ1) is 13.5. The fourth-order valence-electron chi connectivity index (χ4n) is 1.49. The summed E-state index contributed by atoms with van der Waals surface area (Å²) in [6.45, 7) is 1.90. The lowest BCUT2D eigenvalue weighted by Gasteiger charge is -2.06. The molecule has 0 bridgehead atoms. The van der Waals surface area contributed by atoms with Crippen molar-refractivity contribution in [2.75, 3.05) is 0 Å². The molecule has 2 aromatic heterocycles. The van der Waals surface area contributed by atoms with Crippen molar-refractivity contribution in [1.29, 1.82) is 0 Å². The average Bonchev–Trinajstić information content (AvgIpc) is 2.74. The molecule has 0 N–H and O–H groups in total. The number of nitrogens with zero attached hydrogens (tertiary/aromatic N) is 3. The lowest BCUT2D eigenvalue weighted by atomic mass is 10.2. The Morgan fingerprint density at radius 3 is 2.72 bits per heavy atom. The summed E-state index contributed by atoms with van der Waals surface area (Å²) < 4.78 is 25.6. The number of thiazole rings is 1. The highest BCUT2D eigenvalue weighted by Crippen LogP contribution is 2.22. The summed E-state index contributed by atoms with van der Waals surface area (Å²) in [6.07, 6.45) is -0.763. The van der Waals surface area contributed by atoms with Crippen LogP contribution in [-0.2, 0) is 11.8 Å². The fraction of sp³-hybridized carbons (Fsp3) is 0.364. The van der Waals surface area contributed by atoms with Crippen LogP contribution in [0.25, 0.3) is 0 Å². The second kappa shape index (κ2) is 5.79. The Hall–Kier alpha value is -0.950. The Balaban J connectivity index is 2.26. The van der Waals surface area contributed by atoms with Crippen LogP contribution in [0.15, 0.2) is 11.6 Å². The van der Waals surface area contributed by atoms with Gasteiger partial charge in [0.05, 0.1) is 17.1 Å². The third-order valence-electron chi connectivity index (χ3n) is 2.30. The number of aryl methyl sites for hydroxylation is 1. The molecule has 0 saturated carbocycles. The molecular formula is C11H10BrF2N3S. The molecule has 0 aliphatic rings. The average molecular weight is 334 g/mol. The zero-order valence-corrected chi connectivity index (χ0v) is 11.9. The molecule has 0 aliphatic heterocycles. The van der Waals surface area contributed by atoms with E-state index in [-0.39, 0.29) is 5.69 Å². The van der Waals surface area contributed by atoms with Crippen molar-refractivity contribution in [2.45, 2.75) is 25.1 Å². The van der Waals surface area contributed by atoms with Crippen LogP contribution in [0.1, 0.15) is 34.2 Å². The maximum Gasteiger partial charge on any atom is 0.280 e. The third-order valence-corrected chi connectivity index (χ3v) is 3.73. The summed E-state index contributed by atoms with van der Waals surface area (Å²) >= 11 is 4.67. The molecule has 2 heterocycles. The summed E-state index contributed by atoms with van der Waals surface area (Å²) in [4.78, 5) is 12.3. The van der Waals surface area contributed by atoms with E-state index in [0.717, 1.165) is 10.7 Å². The van der Waals surface area contributed by atoms with E-state index in [4.69, 9.17) is 0 Å². The van der Waals surface area contributed by atoms with Gasteiger partial charge in [-0.25, -0.2) is 23.7 Å². The third kappa shape index (κ3) is 3.08. The molecule has 0 radical (unpaired) electrons. The minimum absolute atomic E-state index is 0.205. The van der Waals surface area contributed by atoms with Gasteiger partial charge in [0.25, 0.3) is 6.43 Å². The van der Waals surface area contributed by atoms with Crippen LogP contribution in [-0.4, -0.2) is 15.0 Å². The molecule has 0 fully saturated rings. The van der Waals surface area contributed by atoms with Gasteiger partial charge in [-0.2, -0.15) is 0 Å². The van der Waals surface area contributed by atoms with Crippen LogP contribution < -0.4 is 0 Å². The van der Waals surface area contributed by atoms with Crippen molar-refractivity contribution in [1.82, 2.24) is 15.0 Å². The molecule has 2 rings (SSSR count). The normalized spacial score (nSPS) is 11.2. The Labute approximate surface area is 115 Å². The molecule has 18 heavy (non-hydrogen) atoms. The van der Waals surface area contributed by atoms with Crippen LogP contribution in [0, 0.1) is 6.92 Å². The van der Waals surface area contributed by atoms with Crippen molar-refractivity contribution >= 4 is 27.3 Å². The monoisotopic (exact) mass is 333 g/mol. The second-order valence-electron chi connectivity index (χ2n) is 3.67. The van der Waals surface area contributed by atoms with Crippen molar-refractivity contribution in [3.8, 4) is 0 Å². The topological polar surface area (TPSA) is 38.7 Å². The number of halogens is 3. The molecule has 3 nitrogen and oxygen atoms in total. The fourth-order valence-corrected chi connectivity index (χ4v) is 2.53. The minimum Gasteiger partial charge on any atom is -0.246 e. The number of hydrogen-bond donors (Lipinski definition) is 0. The summed E-state index contributed by atoms with van der Waals surface area (Å²) in [5.41, 5.74) is 1.02. The van der Waals surface area contributed by atoms with Gasteiger partial charge in [0.2, 0.25) is 0 Å². The van der Waals surface area contributed by atoms with Crippen molar-refractivity contribution in [3.63, 3.8) is 0 Å². The largest absolute Gasteiger partial charge is 0.280 e. The van der Waals surface area contributed by atoms with Gasteiger partial charge < -0.3 is 0 Å². The standard InChI is InChI=1S/C11H10BrF2N3S/c1-6-16-8(5-18-6)2-9-15-4-7(3-12)10(17-9)11(13)14/h4-5,11H,2-3H2,1H3. The van der Waals surface area contributed by atoms with Crippen molar-refractivity contribution in [3.05, 3.63) is 39.4 Å². The molecule has 0 spiro atoms. The number of rotatable bonds is 4. The second-order valence-corrected chi connectivity index (χ2v) is 5.29. The zero-order valence-electron chi connectivity index (χ0n) is 9.53. The smallest absolute Gasteiger partial charge is 0.246 e. The molecule has 0 aromatic carbocycles. The molecular weight excluding hydrogens is 324 g/mol. The SMILES string of the molecule is Cc1nc(Cc2ncc(CBr)c(C(F)F)n2)cs1. The van der Waals surface area contributed by atoms with E-state index < -0.39 is 6.43 Å². The number of hydrogen-bond acceptors (Lipinski definition) is 4. The van der Waals surface area contributed by atoms with Gasteiger partial charge in [-0.1, -0.05) is 15.9 Å². The van der Waals surface area contributed by atoms with E-state index in [2.05, 4.69) is 30.9 Å². The van der Waals surface area contributed by atoms with Gasteiger partial charge in [-0.05, 0) is 6.92 Å². The van der Waals surface area contributed by atoms with E-state index in [1.165, 1.54) is 17.5 Å². The lowest BCUT2D eigenvalue weighted by molar-refractivity contribution is 0.144. The summed E-state index contributed by atoms with van der Waals surface area (Å²) in [6, 6.07) is 0. The van der Waals surface area contributed by atoms with Gasteiger partial charge in [0.1, 0.15) is 11.5 Å². The van der Waals surface area contributed by atoms with Crippen LogP contribution in [0.4, 0.5) is 8.78 Å². The van der Waals surface area contributed by atoms with Crippen LogP contribution in [0.3, 0.4) is 0 Å². The molecule has 96 valence electrons. The first-order valence-corrected chi connectivity index (χ1v) is 7.20. The molecule has 0 unspecified atom stereocenters. The quantitative estimate of drug-likeness (QED) is 0.801. The van der Waals surface area contributed by atoms with Crippen LogP contribution >= 0.6 is 27.3 Å². The van der Waals surface area contributed by atoms with Gasteiger partial charge in [0, 0.05) is 22.5 Å². The first-order chi connectivity index (χ1) is 8.60. The number of alkyl halides is 3. The maximum absolute atomic E-state index is 12.8. The van der Waals surface area contributed by atoms with Gasteiger partial charge in [0.15, 0.2) is 0 Å². The molecule has 0 saturated heterocycles. The molecule has 2 aromatic rings. The molecule has 0 aliphatic carbocycles. The van der Waals surface area contributed by atoms with Gasteiger partial charge in [-0.3, -0.25) is 0 Å². The van der Waals surface area contributed by atoms with Crippen molar-refractivity contribution < 1.29 is 8.78 Å². The molecule has 0 atom stereocenters. The maximum atomic E-state index is 12.8. The van der Waals surface area contributed by atoms with Gasteiger partial charge in [-0.15, -0.1) is 11.3 Å². The van der Waals surface area contributed by atoms with Crippen LogP contribution in [0.2, 0.25) is 0 Å². The Kier molecular flexibility index (Phi) is 4.34. The van der Waals surface area contributed by atoms with Crippen molar-refractivity contribution in [2.24, 2.45) is 0 Å². The molecule has 7 heteroatoms. The van der Waals surface area contributed by atoms with E-state index in [9.17, 15) is 8.78 Å². The Morgan fingerprint density at radius 1 is 1.39 bits per heavy atom. The Bertz CT molecular complexity index is 545. The predicted octanol–water partition coefficient (Wildman–Crippen LogP) is 3.66. The first-order valence-electron chi connectivity index (χ1n) is 5.20. The zero-order chi connectivity index (χ0) is 13.1. The highest BCUT2D eigenvalue weighted by molar-refractivity contribution is 9.08. The molecule has 0 amide bonds. The summed E-state index contributed by atoms with van der Waals surface area (Å²) in [5, 5.41) is 3.15. The lowest BCUT2D eigenvalue weighted by Crippen LogP contribution is -2.04. The predicted molar refractivity (Wildman–Crippen MR) is 69.3 cm³/mol.